The van der Waals surface area contributed by atoms with Crippen LogP contribution in [0, 0.1) is 5.82 Å². The molecule has 0 atom stereocenters. The van der Waals surface area contributed by atoms with Crippen molar-refractivity contribution in [1.29, 1.82) is 0 Å². The van der Waals surface area contributed by atoms with E-state index in [-0.39, 0.29) is 18.2 Å². The summed E-state index contributed by atoms with van der Waals surface area (Å²) in [4.78, 5) is 0. The highest BCUT2D eigenvalue weighted by Gasteiger charge is 2.05. The van der Waals surface area contributed by atoms with E-state index in [0.717, 1.165) is 0 Å². The van der Waals surface area contributed by atoms with Crippen LogP contribution in [0.5, 0.6) is 0 Å². The van der Waals surface area contributed by atoms with Crippen LogP contribution in [-0.2, 0) is 11.3 Å². The van der Waals surface area contributed by atoms with Gasteiger partial charge in [-0.15, -0.1) is 12.4 Å². The Morgan fingerprint density at radius 2 is 2.20 bits per heavy atom. The minimum absolute atomic E-state index is 0. The topological polar surface area (TPSA) is 21.3 Å². The highest BCUT2D eigenvalue weighted by molar-refractivity contribution is 6.31. The van der Waals surface area contributed by atoms with E-state index in [1.807, 2.05) is 0 Å². The van der Waals surface area contributed by atoms with E-state index in [2.05, 4.69) is 5.32 Å². The van der Waals surface area contributed by atoms with E-state index in [9.17, 15) is 4.39 Å². The van der Waals surface area contributed by atoms with Gasteiger partial charge in [-0.1, -0.05) is 17.7 Å². The van der Waals surface area contributed by atoms with Crippen molar-refractivity contribution in [3.05, 3.63) is 34.6 Å². The number of halogens is 3. The molecule has 2 nitrogen and oxygen atoms in total. The lowest BCUT2D eigenvalue weighted by Crippen LogP contribution is -2.19. The number of nitrogens with one attached hydrogen (secondary N) is 1. The van der Waals surface area contributed by atoms with Crippen molar-refractivity contribution < 1.29 is 9.13 Å². The van der Waals surface area contributed by atoms with Crippen LogP contribution in [0.4, 0.5) is 4.39 Å². The maximum absolute atomic E-state index is 13.2. The van der Waals surface area contributed by atoms with E-state index >= 15 is 0 Å². The number of hydrogen-bond donors (Lipinski definition) is 1. The second-order valence-corrected chi connectivity index (χ2v) is 3.28. The highest BCUT2D eigenvalue weighted by Crippen LogP contribution is 2.18. The third-order valence-electron chi connectivity index (χ3n) is 1.85. The molecule has 0 aliphatic rings. The first-order valence-electron chi connectivity index (χ1n) is 4.38. The molecule has 5 heteroatoms. The molecule has 0 radical (unpaired) electrons. The highest BCUT2D eigenvalue weighted by atomic mass is 35.5. The van der Waals surface area contributed by atoms with Crippen molar-refractivity contribution in [3.8, 4) is 0 Å². The summed E-state index contributed by atoms with van der Waals surface area (Å²) in [7, 11) is 1.62. The number of ether oxygens (including phenoxy) is 1. The minimum atomic E-state index is -0.276. The molecule has 86 valence electrons. The van der Waals surface area contributed by atoms with Crippen molar-refractivity contribution >= 4 is 24.0 Å². The second-order valence-electron chi connectivity index (χ2n) is 2.87. The Labute approximate surface area is 100 Å². The van der Waals surface area contributed by atoms with Gasteiger partial charge in [0.15, 0.2) is 0 Å². The van der Waals surface area contributed by atoms with Gasteiger partial charge in [0.05, 0.1) is 6.61 Å². The fraction of sp³-hybridized carbons (Fsp3) is 0.400. The number of rotatable bonds is 5. The first-order valence-corrected chi connectivity index (χ1v) is 4.76. The first kappa shape index (κ1) is 14.6. The lowest BCUT2D eigenvalue weighted by atomic mass is 10.2. The zero-order valence-corrected chi connectivity index (χ0v) is 10.00. The summed E-state index contributed by atoms with van der Waals surface area (Å²) in [5.41, 5.74) is 0.505. The molecule has 0 aromatic heterocycles. The predicted octanol–water partition coefficient (Wildman–Crippen LogP) is 2.64. The van der Waals surface area contributed by atoms with E-state index in [4.69, 9.17) is 16.3 Å². The van der Waals surface area contributed by atoms with Crippen molar-refractivity contribution in [1.82, 2.24) is 5.32 Å². The van der Waals surface area contributed by atoms with Gasteiger partial charge in [0.25, 0.3) is 0 Å². The summed E-state index contributed by atoms with van der Waals surface area (Å²) in [6, 6.07) is 4.67. The first-order chi connectivity index (χ1) is 6.75. The molecule has 0 spiro atoms. The van der Waals surface area contributed by atoms with Gasteiger partial charge in [-0.2, -0.15) is 0 Å². The Hall–Kier alpha value is -0.350. The van der Waals surface area contributed by atoms with Crippen LogP contribution >= 0.6 is 24.0 Å². The van der Waals surface area contributed by atoms with Gasteiger partial charge in [0.2, 0.25) is 0 Å². The van der Waals surface area contributed by atoms with E-state index < -0.39 is 0 Å². The van der Waals surface area contributed by atoms with E-state index in [1.54, 1.807) is 19.2 Å². The molecule has 0 aliphatic carbocycles. The summed E-state index contributed by atoms with van der Waals surface area (Å²) in [6.07, 6.45) is 0. The van der Waals surface area contributed by atoms with Crippen LogP contribution in [0.1, 0.15) is 5.56 Å². The number of methoxy groups -OCH3 is 1. The van der Waals surface area contributed by atoms with Crippen molar-refractivity contribution in [3.63, 3.8) is 0 Å². The van der Waals surface area contributed by atoms with Gasteiger partial charge in [-0.3, -0.25) is 0 Å². The monoisotopic (exact) mass is 253 g/mol. The largest absolute Gasteiger partial charge is 0.383 e. The molecule has 1 aromatic carbocycles. The van der Waals surface area contributed by atoms with Crippen LogP contribution < -0.4 is 5.32 Å². The van der Waals surface area contributed by atoms with Gasteiger partial charge < -0.3 is 10.1 Å². The summed E-state index contributed by atoms with van der Waals surface area (Å²) < 4.78 is 18.1. The van der Waals surface area contributed by atoms with Crippen LogP contribution in [0.15, 0.2) is 18.2 Å². The van der Waals surface area contributed by atoms with E-state index in [0.29, 0.717) is 30.3 Å². The molecule has 0 bridgehead atoms. The molecule has 0 heterocycles. The SMILES string of the molecule is COCCNCc1c(F)cccc1Cl.Cl. The smallest absolute Gasteiger partial charge is 0.129 e. The third kappa shape index (κ3) is 4.80. The molecular formula is C10H14Cl2FNO. The summed E-state index contributed by atoms with van der Waals surface area (Å²) in [5.74, 6) is -0.276. The molecule has 0 fully saturated rings. The molecule has 1 aromatic rings. The third-order valence-corrected chi connectivity index (χ3v) is 2.20. The summed E-state index contributed by atoms with van der Waals surface area (Å²) >= 11 is 5.83. The summed E-state index contributed by atoms with van der Waals surface area (Å²) in [6.45, 7) is 1.71. The molecule has 0 saturated carbocycles. The predicted molar refractivity (Wildman–Crippen MR) is 62.2 cm³/mol. The Balaban J connectivity index is 0.00000196. The van der Waals surface area contributed by atoms with Gasteiger partial charge in [-0.25, -0.2) is 4.39 Å². The number of hydrogen-bond acceptors (Lipinski definition) is 2. The Morgan fingerprint density at radius 3 is 2.80 bits per heavy atom. The van der Waals surface area contributed by atoms with Gasteiger partial charge in [0, 0.05) is 30.8 Å². The minimum Gasteiger partial charge on any atom is -0.383 e. The van der Waals surface area contributed by atoms with Crippen molar-refractivity contribution in [2.45, 2.75) is 6.54 Å². The Bertz CT molecular complexity index is 277. The molecular weight excluding hydrogens is 240 g/mol. The normalized spacial score (nSPS) is 9.80. The molecule has 0 amide bonds. The standard InChI is InChI=1S/C10H13ClFNO.ClH/c1-14-6-5-13-7-8-9(11)3-2-4-10(8)12;/h2-4,13H,5-7H2,1H3;1H. The van der Waals surface area contributed by atoms with Gasteiger partial charge in [0.1, 0.15) is 5.82 Å². The zero-order chi connectivity index (χ0) is 10.4. The molecule has 0 aliphatic heterocycles. The Kier molecular flexibility index (Phi) is 7.70. The van der Waals surface area contributed by atoms with Crippen LogP contribution in [-0.4, -0.2) is 20.3 Å². The molecule has 15 heavy (non-hydrogen) atoms. The quantitative estimate of drug-likeness (QED) is 0.815. The lowest BCUT2D eigenvalue weighted by molar-refractivity contribution is 0.199. The van der Waals surface area contributed by atoms with Gasteiger partial charge >= 0.3 is 0 Å². The molecule has 0 saturated heterocycles. The number of benzene rings is 1. The van der Waals surface area contributed by atoms with Crippen LogP contribution in [0.2, 0.25) is 5.02 Å². The molecule has 0 unspecified atom stereocenters. The van der Waals surface area contributed by atoms with E-state index in [1.165, 1.54) is 6.07 Å². The average molecular weight is 254 g/mol. The fourth-order valence-corrected chi connectivity index (χ4v) is 1.32. The van der Waals surface area contributed by atoms with Crippen molar-refractivity contribution in [2.75, 3.05) is 20.3 Å². The average Bonchev–Trinajstić information content (AvgIpc) is 2.16. The van der Waals surface area contributed by atoms with Crippen LogP contribution in [0.25, 0.3) is 0 Å². The summed E-state index contributed by atoms with van der Waals surface area (Å²) in [5, 5.41) is 3.49. The molecule has 1 rings (SSSR count). The van der Waals surface area contributed by atoms with Crippen LogP contribution in [0.3, 0.4) is 0 Å². The fourth-order valence-electron chi connectivity index (χ4n) is 1.09. The maximum Gasteiger partial charge on any atom is 0.129 e. The zero-order valence-electron chi connectivity index (χ0n) is 8.43. The Morgan fingerprint density at radius 1 is 1.47 bits per heavy atom. The van der Waals surface area contributed by atoms with Gasteiger partial charge in [-0.05, 0) is 12.1 Å². The lowest BCUT2D eigenvalue weighted by Gasteiger charge is -2.06. The van der Waals surface area contributed by atoms with Crippen molar-refractivity contribution in [2.24, 2.45) is 0 Å². The second kappa shape index (κ2) is 7.88. The maximum atomic E-state index is 13.2. The molecule has 1 N–H and O–H groups in total.